The molecule has 0 N–H and O–H groups in total. The Morgan fingerprint density at radius 2 is 1.75 bits per heavy atom. The summed E-state index contributed by atoms with van der Waals surface area (Å²) in [6.07, 6.45) is 6.67. The summed E-state index contributed by atoms with van der Waals surface area (Å²) in [6, 6.07) is 5.82. The average molecular weight is 349 g/mol. The molecule has 0 bridgehead atoms. The van der Waals surface area contributed by atoms with Gasteiger partial charge in [-0.05, 0) is 35.8 Å². The van der Waals surface area contributed by atoms with Crippen molar-refractivity contribution in [1.29, 1.82) is 0 Å². The highest BCUT2D eigenvalue weighted by Gasteiger charge is 2.39. The van der Waals surface area contributed by atoms with E-state index in [4.69, 9.17) is 9.16 Å². The standard InChI is InChI=1S/C19H28O4Si/c1-19(2,3)24(6,7)23-16-13-12-15(14-17(16)21-4)10-8-9-11-18(20)22-5/h8-14H,1-7H3. The van der Waals surface area contributed by atoms with E-state index in [2.05, 4.69) is 38.6 Å². The second kappa shape index (κ2) is 8.19. The Bertz CT molecular complexity index is 625. The third-order valence-electron chi connectivity index (χ3n) is 4.19. The van der Waals surface area contributed by atoms with Crippen molar-refractivity contribution in [3.8, 4) is 11.5 Å². The molecule has 0 aliphatic rings. The summed E-state index contributed by atoms with van der Waals surface area (Å²) in [6.45, 7) is 11.0. The molecule has 0 aliphatic heterocycles. The molecule has 0 heterocycles. The van der Waals surface area contributed by atoms with Gasteiger partial charge in [-0.25, -0.2) is 4.79 Å². The predicted molar refractivity (Wildman–Crippen MR) is 101 cm³/mol. The van der Waals surface area contributed by atoms with E-state index < -0.39 is 8.32 Å². The maximum Gasteiger partial charge on any atom is 0.330 e. The fourth-order valence-corrected chi connectivity index (χ4v) is 2.69. The van der Waals surface area contributed by atoms with Crippen LogP contribution in [-0.4, -0.2) is 28.5 Å². The van der Waals surface area contributed by atoms with Gasteiger partial charge < -0.3 is 13.9 Å². The van der Waals surface area contributed by atoms with Crippen LogP contribution >= 0.6 is 0 Å². The van der Waals surface area contributed by atoms with Crippen LogP contribution in [0.1, 0.15) is 26.3 Å². The Hall–Kier alpha value is -2.01. The van der Waals surface area contributed by atoms with Crippen molar-refractivity contribution in [3.63, 3.8) is 0 Å². The highest BCUT2D eigenvalue weighted by Crippen LogP contribution is 2.40. The Balaban J connectivity index is 2.95. The molecule has 24 heavy (non-hydrogen) atoms. The molecule has 0 spiro atoms. The van der Waals surface area contributed by atoms with Crippen LogP contribution in [0.4, 0.5) is 0 Å². The molecule has 1 aromatic rings. The zero-order valence-electron chi connectivity index (χ0n) is 15.7. The predicted octanol–water partition coefficient (Wildman–Crippen LogP) is 4.82. The van der Waals surface area contributed by atoms with Gasteiger partial charge >= 0.3 is 5.97 Å². The minimum absolute atomic E-state index is 0.120. The first-order chi connectivity index (χ1) is 11.1. The first kappa shape index (κ1) is 20.0. The molecule has 0 aliphatic carbocycles. The molecule has 0 aromatic heterocycles. The van der Waals surface area contributed by atoms with E-state index in [1.165, 1.54) is 13.2 Å². The van der Waals surface area contributed by atoms with Crippen LogP contribution in [0.5, 0.6) is 11.5 Å². The van der Waals surface area contributed by atoms with Gasteiger partial charge in [0.15, 0.2) is 5.75 Å². The van der Waals surface area contributed by atoms with E-state index in [1.54, 1.807) is 19.3 Å². The van der Waals surface area contributed by atoms with E-state index in [0.29, 0.717) is 5.75 Å². The maximum atomic E-state index is 11.0. The molecule has 0 saturated carbocycles. The SMILES string of the molecule is COC(=O)C=CC=Cc1ccc(O[Si](C)(C)C(C)(C)C)c(OC)c1. The lowest BCUT2D eigenvalue weighted by atomic mass is 10.2. The smallest absolute Gasteiger partial charge is 0.330 e. The molecule has 0 amide bonds. The van der Waals surface area contributed by atoms with Gasteiger partial charge in [-0.1, -0.05) is 45.1 Å². The summed E-state index contributed by atoms with van der Waals surface area (Å²) < 4.78 is 16.3. The third kappa shape index (κ3) is 5.56. The van der Waals surface area contributed by atoms with Crippen LogP contribution in [0, 0.1) is 0 Å². The fourth-order valence-electron chi connectivity index (χ4n) is 1.67. The number of carbonyl (C=O) groups excluding carboxylic acids is 1. The van der Waals surface area contributed by atoms with Crippen molar-refractivity contribution in [1.82, 2.24) is 0 Å². The minimum atomic E-state index is -1.92. The van der Waals surface area contributed by atoms with Gasteiger partial charge in [0.05, 0.1) is 14.2 Å². The van der Waals surface area contributed by atoms with E-state index in [9.17, 15) is 4.79 Å². The lowest BCUT2D eigenvalue weighted by molar-refractivity contribution is -0.134. The Morgan fingerprint density at radius 1 is 1.08 bits per heavy atom. The largest absolute Gasteiger partial charge is 0.541 e. The van der Waals surface area contributed by atoms with Crippen LogP contribution in [0.3, 0.4) is 0 Å². The molecule has 0 fully saturated rings. The quantitative estimate of drug-likeness (QED) is 0.320. The van der Waals surface area contributed by atoms with Crippen LogP contribution in [0.25, 0.3) is 6.08 Å². The molecule has 0 radical (unpaired) electrons. The highest BCUT2D eigenvalue weighted by molar-refractivity contribution is 6.74. The molecule has 132 valence electrons. The second-order valence-electron chi connectivity index (χ2n) is 7.01. The normalized spacial score (nSPS) is 12.6. The number of hydrogen-bond donors (Lipinski definition) is 0. The molecular formula is C19H28O4Si. The van der Waals surface area contributed by atoms with Crippen LogP contribution in [0.15, 0.2) is 36.4 Å². The van der Waals surface area contributed by atoms with E-state index in [1.807, 2.05) is 24.3 Å². The molecule has 0 saturated heterocycles. The molecule has 0 unspecified atom stereocenters. The van der Waals surface area contributed by atoms with Gasteiger partial charge in [0.25, 0.3) is 8.32 Å². The van der Waals surface area contributed by atoms with Crippen molar-refractivity contribution < 1.29 is 18.7 Å². The maximum absolute atomic E-state index is 11.0. The van der Waals surface area contributed by atoms with Gasteiger partial charge in [0.1, 0.15) is 5.75 Å². The molecule has 1 aromatic carbocycles. The molecule has 4 nitrogen and oxygen atoms in total. The zero-order valence-corrected chi connectivity index (χ0v) is 16.7. The number of ether oxygens (including phenoxy) is 2. The van der Waals surface area contributed by atoms with Crippen molar-refractivity contribution in [2.75, 3.05) is 14.2 Å². The van der Waals surface area contributed by atoms with Gasteiger partial charge in [0, 0.05) is 6.08 Å². The van der Waals surface area contributed by atoms with Gasteiger partial charge in [0.2, 0.25) is 0 Å². The molecule has 5 heteroatoms. The third-order valence-corrected chi connectivity index (χ3v) is 8.53. The van der Waals surface area contributed by atoms with Crippen LogP contribution < -0.4 is 9.16 Å². The summed E-state index contributed by atoms with van der Waals surface area (Å²) in [5.74, 6) is 1.10. The number of hydrogen-bond acceptors (Lipinski definition) is 4. The lowest BCUT2D eigenvalue weighted by Crippen LogP contribution is -2.43. The van der Waals surface area contributed by atoms with Crippen LogP contribution in [0.2, 0.25) is 18.1 Å². The number of carbonyl (C=O) groups is 1. The molecule has 0 atom stereocenters. The van der Waals surface area contributed by atoms with Crippen molar-refractivity contribution in [3.05, 3.63) is 42.0 Å². The van der Waals surface area contributed by atoms with Crippen LogP contribution in [-0.2, 0) is 9.53 Å². The van der Waals surface area contributed by atoms with Crippen molar-refractivity contribution in [2.45, 2.75) is 38.9 Å². The Kier molecular flexibility index (Phi) is 6.84. The first-order valence-corrected chi connectivity index (χ1v) is 10.8. The van der Waals surface area contributed by atoms with Gasteiger partial charge in [-0.2, -0.15) is 0 Å². The minimum Gasteiger partial charge on any atom is -0.541 e. The topological polar surface area (TPSA) is 44.8 Å². The van der Waals surface area contributed by atoms with Gasteiger partial charge in [-0.15, -0.1) is 0 Å². The summed E-state index contributed by atoms with van der Waals surface area (Å²) in [5, 5.41) is 0.120. The van der Waals surface area contributed by atoms with E-state index in [-0.39, 0.29) is 11.0 Å². The van der Waals surface area contributed by atoms with Gasteiger partial charge in [-0.3, -0.25) is 0 Å². The zero-order chi connectivity index (χ0) is 18.4. The second-order valence-corrected chi connectivity index (χ2v) is 11.7. The number of esters is 1. The molecular weight excluding hydrogens is 320 g/mol. The fraction of sp³-hybridized carbons (Fsp3) is 0.421. The van der Waals surface area contributed by atoms with E-state index in [0.717, 1.165) is 11.3 Å². The Morgan fingerprint density at radius 3 is 2.29 bits per heavy atom. The van der Waals surface area contributed by atoms with E-state index >= 15 is 0 Å². The van der Waals surface area contributed by atoms with Crippen molar-refractivity contribution >= 4 is 20.4 Å². The Labute approximate surface area is 146 Å². The average Bonchev–Trinajstić information content (AvgIpc) is 2.51. The van der Waals surface area contributed by atoms with Crippen molar-refractivity contribution in [2.24, 2.45) is 0 Å². The summed E-state index contributed by atoms with van der Waals surface area (Å²) in [4.78, 5) is 11.0. The highest BCUT2D eigenvalue weighted by atomic mass is 28.4. The summed E-state index contributed by atoms with van der Waals surface area (Å²) in [5.41, 5.74) is 0.962. The number of allylic oxidation sites excluding steroid dienone is 2. The number of benzene rings is 1. The summed E-state index contributed by atoms with van der Waals surface area (Å²) in [7, 11) is 1.07. The monoisotopic (exact) mass is 348 g/mol. The lowest BCUT2D eigenvalue weighted by Gasteiger charge is -2.36. The molecule has 1 rings (SSSR count). The number of methoxy groups -OCH3 is 2. The first-order valence-electron chi connectivity index (χ1n) is 7.90. The number of rotatable bonds is 6. The summed E-state index contributed by atoms with van der Waals surface area (Å²) >= 11 is 0.